The molecule has 2 heterocycles. The number of thiazole rings is 1. The zero-order valence-corrected chi connectivity index (χ0v) is 13.6. The number of hydrogen-bond donors (Lipinski definition) is 1. The summed E-state index contributed by atoms with van der Waals surface area (Å²) in [6.07, 6.45) is 3.00. The van der Waals surface area contributed by atoms with Crippen LogP contribution in [0.5, 0.6) is 0 Å². The third kappa shape index (κ3) is 3.32. The lowest BCUT2D eigenvalue weighted by Gasteiger charge is -2.24. The van der Waals surface area contributed by atoms with Crippen molar-refractivity contribution in [3.8, 4) is 0 Å². The Morgan fingerprint density at radius 3 is 2.62 bits per heavy atom. The van der Waals surface area contributed by atoms with Crippen LogP contribution < -0.4 is 10.9 Å². The second-order valence-corrected chi connectivity index (χ2v) is 6.77. The number of nitrogens with one attached hydrogen (secondary N) is 1. The smallest absolute Gasteiger partial charge is 0.271 e. The summed E-state index contributed by atoms with van der Waals surface area (Å²) in [4.78, 5) is 29.2. The molecule has 0 aliphatic carbocycles. The predicted molar refractivity (Wildman–Crippen MR) is 84.8 cm³/mol. The number of amides is 1. The van der Waals surface area contributed by atoms with Gasteiger partial charge in [-0.1, -0.05) is 27.7 Å². The molecule has 0 aliphatic heterocycles. The van der Waals surface area contributed by atoms with Gasteiger partial charge in [0.15, 0.2) is 4.96 Å². The topological polar surface area (TPSA) is 63.5 Å². The zero-order chi connectivity index (χ0) is 15.6. The maximum atomic E-state index is 12.2. The molecule has 0 fully saturated rings. The number of nitrogens with zero attached hydrogens (tertiary/aromatic N) is 2. The minimum absolute atomic E-state index is 0.0946. The molecule has 0 aliphatic rings. The molecule has 0 spiro atoms. The van der Waals surface area contributed by atoms with Crippen molar-refractivity contribution >= 4 is 22.2 Å². The molecule has 21 heavy (non-hydrogen) atoms. The van der Waals surface area contributed by atoms with Gasteiger partial charge in [0, 0.05) is 24.3 Å². The Morgan fingerprint density at radius 1 is 1.33 bits per heavy atom. The maximum Gasteiger partial charge on any atom is 0.271 e. The number of rotatable bonds is 5. The zero-order valence-electron chi connectivity index (χ0n) is 12.8. The minimum Gasteiger partial charge on any atom is -0.352 e. The lowest BCUT2D eigenvalue weighted by Crippen LogP contribution is -2.37. The van der Waals surface area contributed by atoms with Crippen molar-refractivity contribution in [1.29, 1.82) is 0 Å². The molecule has 0 atom stereocenters. The summed E-state index contributed by atoms with van der Waals surface area (Å²) in [7, 11) is 0. The van der Waals surface area contributed by atoms with E-state index < -0.39 is 0 Å². The van der Waals surface area contributed by atoms with E-state index in [1.54, 1.807) is 11.6 Å². The predicted octanol–water partition coefficient (Wildman–Crippen LogP) is 2.41. The summed E-state index contributed by atoms with van der Waals surface area (Å²) in [6, 6.07) is 0. The van der Waals surface area contributed by atoms with Crippen molar-refractivity contribution in [1.82, 2.24) is 14.7 Å². The summed E-state index contributed by atoms with van der Waals surface area (Å²) in [5.41, 5.74) is -0.221. The molecule has 0 unspecified atom stereocenters. The Hall–Kier alpha value is -1.69. The number of hydrogen-bond acceptors (Lipinski definition) is 4. The molecule has 114 valence electrons. The lowest BCUT2D eigenvalue weighted by molar-refractivity contribution is 0.0935. The van der Waals surface area contributed by atoms with Gasteiger partial charge in [-0.3, -0.25) is 14.0 Å². The fourth-order valence-electron chi connectivity index (χ4n) is 2.53. The summed E-state index contributed by atoms with van der Waals surface area (Å²) >= 11 is 1.37. The van der Waals surface area contributed by atoms with Crippen LogP contribution >= 0.6 is 11.3 Å². The third-order valence-electron chi connectivity index (χ3n) is 3.80. The highest BCUT2D eigenvalue weighted by atomic mass is 32.1. The quantitative estimate of drug-likeness (QED) is 0.922. The first-order chi connectivity index (χ1) is 9.91. The fraction of sp³-hybridized carbons (Fsp3) is 0.533. The largest absolute Gasteiger partial charge is 0.352 e. The second kappa shape index (κ2) is 6.39. The Morgan fingerprint density at radius 2 is 2.00 bits per heavy atom. The average molecular weight is 307 g/mol. The first-order valence-corrected chi connectivity index (χ1v) is 8.02. The van der Waals surface area contributed by atoms with Gasteiger partial charge >= 0.3 is 0 Å². The van der Waals surface area contributed by atoms with Gasteiger partial charge in [0.05, 0.1) is 0 Å². The Balaban J connectivity index is 2.15. The van der Waals surface area contributed by atoms with Gasteiger partial charge in [-0.25, -0.2) is 4.98 Å². The van der Waals surface area contributed by atoms with Crippen LogP contribution in [0.25, 0.3) is 4.96 Å². The molecule has 2 aromatic rings. The molecular weight excluding hydrogens is 286 g/mol. The highest BCUT2D eigenvalue weighted by Crippen LogP contribution is 2.19. The first-order valence-electron chi connectivity index (χ1n) is 7.15. The van der Waals surface area contributed by atoms with Crippen LogP contribution in [0.15, 0.2) is 22.6 Å². The van der Waals surface area contributed by atoms with Crippen LogP contribution in [0.4, 0.5) is 0 Å². The Bertz CT molecular complexity index is 680. The van der Waals surface area contributed by atoms with E-state index in [1.807, 2.05) is 0 Å². The molecule has 0 radical (unpaired) electrons. The molecule has 1 N–H and O–H groups in total. The van der Waals surface area contributed by atoms with E-state index in [4.69, 9.17) is 0 Å². The van der Waals surface area contributed by atoms with Gasteiger partial charge in [0.2, 0.25) is 0 Å². The average Bonchev–Trinajstić information content (AvgIpc) is 2.87. The number of carbonyl (C=O) groups excluding carboxylic acids is 1. The van der Waals surface area contributed by atoms with Crippen molar-refractivity contribution < 1.29 is 4.79 Å². The van der Waals surface area contributed by atoms with Crippen molar-refractivity contribution in [2.75, 3.05) is 6.54 Å². The van der Waals surface area contributed by atoms with Crippen LogP contribution in [-0.2, 0) is 0 Å². The van der Waals surface area contributed by atoms with Gasteiger partial charge in [0.25, 0.3) is 11.5 Å². The Labute approximate surface area is 128 Å². The molecule has 1 amide bonds. The molecule has 2 rings (SSSR count). The van der Waals surface area contributed by atoms with E-state index in [2.05, 4.69) is 38.0 Å². The van der Waals surface area contributed by atoms with Crippen LogP contribution in [0, 0.1) is 17.8 Å². The van der Waals surface area contributed by atoms with E-state index in [9.17, 15) is 9.59 Å². The molecule has 2 aromatic heterocycles. The summed E-state index contributed by atoms with van der Waals surface area (Å²) in [5.74, 6) is 0.988. The van der Waals surface area contributed by atoms with Crippen LogP contribution in [0.2, 0.25) is 0 Å². The van der Waals surface area contributed by atoms with Crippen molar-refractivity contribution in [2.24, 2.45) is 17.8 Å². The van der Waals surface area contributed by atoms with E-state index in [0.717, 1.165) is 0 Å². The van der Waals surface area contributed by atoms with E-state index in [-0.39, 0.29) is 17.0 Å². The molecule has 0 saturated carbocycles. The monoisotopic (exact) mass is 307 g/mol. The summed E-state index contributed by atoms with van der Waals surface area (Å²) in [5, 5.41) is 4.65. The van der Waals surface area contributed by atoms with Gasteiger partial charge in [-0.05, 0) is 17.8 Å². The van der Waals surface area contributed by atoms with Crippen LogP contribution in [0.1, 0.15) is 38.1 Å². The molecule has 0 saturated heterocycles. The molecule has 5 nitrogen and oxygen atoms in total. The van der Waals surface area contributed by atoms with E-state index >= 15 is 0 Å². The highest BCUT2D eigenvalue weighted by Gasteiger charge is 2.20. The standard InChI is InChI=1S/C15H21N3O2S/c1-9(2)11(10(3)4)7-16-13(19)12-8-17-15-18(14(12)20)5-6-21-15/h5-6,8-11H,7H2,1-4H3,(H,16,19). The van der Waals surface area contributed by atoms with E-state index in [0.29, 0.717) is 29.3 Å². The van der Waals surface area contributed by atoms with Crippen molar-refractivity contribution in [2.45, 2.75) is 27.7 Å². The molecular formula is C15H21N3O2S. The van der Waals surface area contributed by atoms with Crippen LogP contribution in [-0.4, -0.2) is 21.8 Å². The number of carbonyl (C=O) groups is 1. The van der Waals surface area contributed by atoms with Crippen molar-refractivity contribution in [3.05, 3.63) is 33.7 Å². The second-order valence-electron chi connectivity index (χ2n) is 5.89. The minimum atomic E-state index is -0.348. The lowest BCUT2D eigenvalue weighted by atomic mass is 9.85. The van der Waals surface area contributed by atoms with Crippen LogP contribution in [0.3, 0.4) is 0 Å². The third-order valence-corrected chi connectivity index (χ3v) is 4.57. The Kier molecular flexibility index (Phi) is 4.77. The fourth-order valence-corrected chi connectivity index (χ4v) is 3.20. The number of aromatic nitrogens is 2. The molecule has 0 aromatic carbocycles. The molecule has 0 bridgehead atoms. The SMILES string of the molecule is CC(C)C(CNC(=O)c1cnc2sccn2c1=O)C(C)C. The normalized spacial score (nSPS) is 11.8. The van der Waals surface area contributed by atoms with E-state index in [1.165, 1.54) is 21.9 Å². The van der Waals surface area contributed by atoms with Crippen molar-refractivity contribution in [3.63, 3.8) is 0 Å². The van der Waals surface area contributed by atoms with Gasteiger partial charge in [-0.15, -0.1) is 11.3 Å². The van der Waals surface area contributed by atoms with Gasteiger partial charge in [0.1, 0.15) is 5.56 Å². The van der Waals surface area contributed by atoms with Gasteiger partial charge in [-0.2, -0.15) is 0 Å². The first kappa shape index (κ1) is 15.7. The van der Waals surface area contributed by atoms with Gasteiger partial charge < -0.3 is 5.32 Å². The maximum absolute atomic E-state index is 12.2. The number of fused-ring (bicyclic) bond motifs is 1. The highest BCUT2D eigenvalue weighted by molar-refractivity contribution is 7.15. The molecule has 6 heteroatoms. The summed E-state index contributed by atoms with van der Waals surface area (Å²) in [6.45, 7) is 9.14. The summed E-state index contributed by atoms with van der Waals surface area (Å²) < 4.78 is 1.40.